The summed E-state index contributed by atoms with van der Waals surface area (Å²) >= 11 is 0. The first-order valence-electron chi connectivity index (χ1n) is 18.5. The highest BCUT2D eigenvalue weighted by Gasteiger charge is 2.21. The van der Waals surface area contributed by atoms with Gasteiger partial charge in [0.2, 0.25) is 11.9 Å². The number of fused-ring (bicyclic) bond motifs is 2. The summed E-state index contributed by atoms with van der Waals surface area (Å²) in [4.78, 5) is 46.1. The minimum Gasteiger partial charge on any atom is -0.378 e. The number of piperidine rings is 1. The molecule has 0 unspecified atom stereocenters. The molecule has 2 aliphatic rings. The van der Waals surface area contributed by atoms with Crippen molar-refractivity contribution in [3.8, 4) is 44.8 Å². The number of rotatable bonds is 6. The lowest BCUT2D eigenvalue weighted by atomic mass is 10.0. The van der Waals surface area contributed by atoms with Crippen molar-refractivity contribution in [3.05, 3.63) is 110 Å². The van der Waals surface area contributed by atoms with Crippen LogP contribution in [0.5, 0.6) is 0 Å². The molecular weight excluding hydrogens is 715 g/mol. The highest BCUT2D eigenvalue weighted by atomic mass is 19.1. The van der Waals surface area contributed by atoms with Crippen LogP contribution >= 0.6 is 0 Å². The summed E-state index contributed by atoms with van der Waals surface area (Å²) in [7, 11) is 0. The zero-order valence-electron chi connectivity index (χ0n) is 30.2. The molecule has 2 aliphatic heterocycles. The Labute approximate surface area is 319 Å². The van der Waals surface area contributed by atoms with E-state index in [4.69, 9.17) is 19.7 Å². The molecule has 0 radical (unpaired) electrons. The van der Waals surface area contributed by atoms with Crippen molar-refractivity contribution in [1.82, 2.24) is 49.8 Å². The van der Waals surface area contributed by atoms with Gasteiger partial charge in [-0.25, -0.2) is 18.7 Å². The highest BCUT2D eigenvalue weighted by molar-refractivity contribution is 5.90. The van der Waals surface area contributed by atoms with E-state index in [9.17, 15) is 8.78 Å². The average Bonchev–Trinajstić information content (AvgIpc) is 3.89. The number of anilines is 2. The summed E-state index contributed by atoms with van der Waals surface area (Å²) in [6, 6.07) is 14.6. The third-order valence-electron chi connectivity index (χ3n) is 9.88. The molecule has 280 valence electrons. The normalized spacial score (nSPS) is 14.5. The molecule has 0 spiro atoms. The van der Waals surface area contributed by atoms with Crippen LogP contribution in [0.2, 0.25) is 0 Å². The van der Waals surface area contributed by atoms with Crippen molar-refractivity contribution in [3.63, 3.8) is 0 Å². The number of morpholine rings is 1. The fourth-order valence-corrected chi connectivity index (χ4v) is 7.08. The Morgan fingerprint density at radius 3 is 1.46 bits per heavy atom. The fourth-order valence-electron chi connectivity index (χ4n) is 7.08. The maximum atomic E-state index is 14.5. The molecule has 2 N–H and O–H groups in total. The largest absolute Gasteiger partial charge is 0.378 e. The number of halogens is 2. The van der Waals surface area contributed by atoms with Gasteiger partial charge in [-0.15, -0.1) is 0 Å². The second-order valence-corrected chi connectivity index (χ2v) is 13.5. The Kier molecular flexibility index (Phi) is 9.72. The third kappa shape index (κ3) is 7.11. The molecular formula is C41H36F2N12O. The Morgan fingerprint density at radius 1 is 0.518 bits per heavy atom. The van der Waals surface area contributed by atoms with Crippen molar-refractivity contribution in [1.29, 1.82) is 0 Å². The summed E-state index contributed by atoms with van der Waals surface area (Å²) in [6.45, 7) is 4.84. The van der Waals surface area contributed by atoms with Crippen LogP contribution in [0.15, 0.2) is 98.1 Å². The van der Waals surface area contributed by atoms with Gasteiger partial charge in [-0.3, -0.25) is 19.9 Å². The lowest BCUT2D eigenvalue weighted by molar-refractivity contribution is 0.122. The topological polar surface area (TPSA) is 150 Å². The van der Waals surface area contributed by atoms with Gasteiger partial charge in [-0.1, -0.05) is 0 Å². The third-order valence-corrected chi connectivity index (χ3v) is 9.88. The molecule has 10 heterocycles. The van der Waals surface area contributed by atoms with E-state index >= 15 is 0 Å². The molecule has 10 rings (SSSR count). The van der Waals surface area contributed by atoms with Crippen LogP contribution in [0.3, 0.4) is 0 Å². The number of H-pyrrole nitrogens is 2. The first-order chi connectivity index (χ1) is 27.6. The maximum absolute atomic E-state index is 14.5. The van der Waals surface area contributed by atoms with E-state index in [0.717, 1.165) is 60.2 Å². The van der Waals surface area contributed by atoms with Gasteiger partial charge >= 0.3 is 0 Å². The quantitative estimate of drug-likeness (QED) is 0.177. The lowest BCUT2D eigenvalue weighted by Gasteiger charge is -2.25. The summed E-state index contributed by atoms with van der Waals surface area (Å²) in [6.07, 6.45) is 16.0. The molecule has 0 atom stereocenters. The van der Waals surface area contributed by atoms with Crippen LogP contribution in [-0.4, -0.2) is 89.2 Å². The van der Waals surface area contributed by atoms with E-state index in [2.05, 4.69) is 44.7 Å². The van der Waals surface area contributed by atoms with Crippen LogP contribution < -0.4 is 9.80 Å². The molecule has 56 heavy (non-hydrogen) atoms. The van der Waals surface area contributed by atoms with E-state index in [1.54, 1.807) is 49.3 Å². The Balaban J connectivity index is 0.000000146. The van der Waals surface area contributed by atoms with Gasteiger partial charge in [0, 0.05) is 96.7 Å². The molecule has 0 aromatic carbocycles. The van der Waals surface area contributed by atoms with E-state index in [1.165, 1.54) is 31.7 Å². The zero-order chi connectivity index (χ0) is 37.8. The van der Waals surface area contributed by atoms with Gasteiger partial charge in [0.15, 0.2) is 11.3 Å². The number of ether oxygens (including phenoxy) is 1. The molecule has 2 saturated heterocycles. The zero-order valence-corrected chi connectivity index (χ0v) is 30.2. The molecule has 8 aromatic heterocycles. The second-order valence-electron chi connectivity index (χ2n) is 13.5. The molecule has 0 amide bonds. The summed E-state index contributed by atoms with van der Waals surface area (Å²) in [5.74, 6) is 0.785. The van der Waals surface area contributed by atoms with Crippen molar-refractivity contribution < 1.29 is 13.5 Å². The fraction of sp³-hybridized carbons (Fsp3) is 0.220. The first-order valence-corrected chi connectivity index (χ1v) is 18.5. The predicted octanol–water partition coefficient (Wildman–Crippen LogP) is 7.27. The molecule has 0 saturated carbocycles. The number of aromatic nitrogens is 10. The van der Waals surface area contributed by atoms with Gasteiger partial charge in [-0.2, -0.15) is 9.97 Å². The second kappa shape index (κ2) is 15.5. The van der Waals surface area contributed by atoms with Crippen molar-refractivity contribution in [2.45, 2.75) is 19.3 Å². The molecule has 0 bridgehead atoms. The number of nitrogens with one attached hydrogen (secondary N) is 2. The number of pyridine rings is 6. The van der Waals surface area contributed by atoms with Crippen LogP contribution in [-0.2, 0) is 4.74 Å². The van der Waals surface area contributed by atoms with Crippen LogP contribution in [0.25, 0.3) is 67.1 Å². The SMILES string of the molecule is Fc1cnccc1-c1cc2[nH]c(N3CCCCC3)nc2nc1-c1cccnc1.Fc1cnccc1-c1cc2[nH]c(N3CCOCC3)nc2nc1-c1cccnc1. The number of hydrogen-bond donors (Lipinski definition) is 2. The summed E-state index contributed by atoms with van der Waals surface area (Å²) < 4.78 is 34.4. The standard InChI is InChI=1S/C21H19FN6.C20H17FN6O/c22-17-13-24-8-6-15(17)16-11-18-20(26-19(16)14-5-4-7-23-12-14)27-21(25-18)28-9-2-1-3-10-28;21-16-12-23-5-3-14(16)15-10-17-19(25-18(15)13-2-1-4-22-11-13)26-20(24-17)27-6-8-28-9-7-27/h4-8,11-13H,1-3,9-10H2,(H,25,26,27);1-5,10-12H,6-9H2,(H,24,25,26). The van der Waals surface area contributed by atoms with Crippen molar-refractivity contribution in [2.24, 2.45) is 0 Å². The first kappa shape index (κ1) is 35.0. The van der Waals surface area contributed by atoms with Crippen LogP contribution in [0.1, 0.15) is 19.3 Å². The Bertz CT molecular complexity index is 2420. The van der Waals surface area contributed by atoms with E-state index < -0.39 is 5.82 Å². The maximum Gasteiger partial charge on any atom is 0.205 e. The monoisotopic (exact) mass is 750 g/mol. The number of nitrogens with zero attached hydrogens (tertiary/aromatic N) is 10. The minimum absolute atomic E-state index is 0.385. The Morgan fingerprint density at radius 2 is 1.00 bits per heavy atom. The van der Waals surface area contributed by atoms with Crippen LogP contribution in [0.4, 0.5) is 20.7 Å². The number of aromatic amines is 2. The average molecular weight is 751 g/mol. The molecule has 13 nitrogen and oxygen atoms in total. The van der Waals surface area contributed by atoms with Gasteiger partial charge in [0.05, 0.1) is 48.0 Å². The minimum atomic E-state index is -0.401. The smallest absolute Gasteiger partial charge is 0.205 e. The highest BCUT2D eigenvalue weighted by Crippen LogP contribution is 2.36. The van der Waals surface area contributed by atoms with E-state index in [-0.39, 0.29) is 5.82 Å². The van der Waals surface area contributed by atoms with Gasteiger partial charge in [0.1, 0.15) is 11.6 Å². The van der Waals surface area contributed by atoms with Crippen molar-refractivity contribution in [2.75, 3.05) is 49.2 Å². The van der Waals surface area contributed by atoms with E-state index in [1.807, 2.05) is 36.4 Å². The predicted molar refractivity (Wildman–Crippen MR) is 210 cm³/mol. The number of hydrogen-bond acceptors (Lipinski definition) is 11. The molecule has 8 aromatic rings. The summed E-state index contributed by atoms with van der Waals surface area (Å²) in [5, 5.41) is 0. The Hall–Kier alpha value is -6.74. The molecule has 2 fully saturated rings. The van der Waals surface area contributed by atoms with Gasteiger partial charge in [0.25, 0.3) is 0 Å². The van der Waals surface area contributed by atoms with Gasteiger partial charge < -0.3 is 24.5 Å². The number of imidazole rings is 2. The lowest BCUT2D eigenvalue weighted by Crippen LogP contribution is -2.36. The molecule has 15 heteroatoms. The van der Waals surface area contributed by atoms with Crippen LogP contribution in [0, 0.1) is 11.6 Å². The van der Waals surface area contributed by atoms with E-state index in [0.29, 0.717) is 58.1 Å². The summed E-state index contributed by atoms with van der Waals surface area (Å²) in [5.41, 5.74) is 7.89. The van der Waals surface area contributed by atoms with Crippen molar-refractivity contribution >= 4 is 34.2 Å². The van der Waals surface area contributed by atoms with Gasteiger partial charge in [-0.05, 0) is 67.8 Å². The molecule has 0 aliphatic carbocycles.